The number of nitrogens with one attached hydrogen (secondary N) is 4. The molecular weight excluding hydrogens is 685 g/mol. The van der Waals surface area contributed by atoms with Gasteiger partial charge in [0.2, 0.25) is 0 Å². The summed E-state index contributed by atoms with van der Waals surface area (Å²) in [4.78, 5) is 43.0. The number of amidine groups is 1. The van der Waals surface area contributed by atoms with E-state index < -0.39 is 0 Å². The first-order chi connectivity index (χ1) is 26.8. The highest BCUT2D eigenvalue weighted by Crippen LogP contribution is 2.31. The number of H-pyrrole nitrogens is 2. The third-order valence-electron chi connectivity index (χ3n) is 9.86. The first-order valence-electron chi connectivity index (χ1n) is 18.4. The average molecular weight is 729 g/mol. The van der Waals surface area contributed by atoms with E-state index in [4.69, 9.17) is 5.41 Å². The molecule has 0 atom stereocenters. The number of nitrogens with zero attached hydrogens (tertiary/aromatic N) is 4. The molecule has 0 unspecified atom stereocenters. The third kappa shape index (κ3) is 8.14. The van der Waals surface area contributed by atoms with Gasteiger partial charge >= 0.3 is 0 Å². The number of para-hydroxylation sites is 1. The van der Waals surface area contributed by atoms with Crippen molar-refractivity contribution in [3.8, 4) is 16.8 Å². The third-order valence-corrected chi connectivity index (χ3v) is 9.86. The minimum Gasteiger partial charge on any atom is -0.352 e. The molecule has 4 N–H and O–H groups in total. The number of allylic oxidation sites excluding steroid dienone is 1. The standard InChI is InChI=1S/C45H44N8O2/c1-4-38(35-12-8-10-33(22-35)24-47-3)41-40(48-28-50-44(41)54)21-20-31-16-18-32(19-17-31)25-52(30(2)46)26-34-11-9-13-36(23-34)39-27-53(37-14-6-5-7-15-37)43-42(39)45(55)51-29-49-43/h4-19,22-23,27-29,46-47H,20-21,24-26H2,1-3H3,(H,48,50,54)(H,49,51,55)/b38-4-,46-30?. The summed E-state index contributed by atoms with van der Waals surface area (Å²) in [5.74, 6) is 0.458. The van der Waals surface area contributed by atoms with Crippen molar-refractivity contribution in [3.05, 3.63) is 188 Å². The maximum absolute atomic E-state index is 13.2. The monoisotopic (exact) mass is 728 g/mol. The van der Waals surface area contributed by atoms with E-state index in [0.717, 1.165) is 68.9 Å². The fourth-order valence-electron chi connectivity index (χ4n) is 7.13. The molecular formula is C45H44N8O2. The van der Waals surface area contributed by atoms with E-state index in [0.29, 0.717) is 41.9 Å². The van der Waals surface area contributed by atoms with Gasteiger partial charge in [-0.15, -0.1) is 0 Å². The molecule has 4 aromatic carbocycles. The molecule has 3 heterocycles. The molecule has 3 aromatic heterocycles. The van der Waals surface area contributed by atoms with Crippen LogP contribution in [-0.4, -0.2) is 42.3 Å². The van der Waals surface area contributed by atoms with E-state index in [1.54, 1.807) is 6.92 Å². The van der Waals surface area contributed by atoms with E-state index in [1.807, 2.05) is 90.3 Å². The van der Waals surface area contributed by atoms with Crippen LogP contribution in [0.2, 0.25) is 0 Å². The van der Waals surface area contributed by atoms with Crippen LogP contribution in [0, 0.1) is 5.41 Å². The van der Waals surface area contributed by atoms with E-state index in [-0.39, 0.29) is 11.1 Å². The lowest BCUT2D eigenvalue weighted by atomic mass is 9.94. The van der Waals surface area contributed by atoms with E-state index in [9.17, 15) is 9.59 Å². The maximum Gasteiger partial charge on any atom is 0.260 e. The molecule has 0 spiro atoms. The lowest BCUT2D eigenvalue weighted by Crippen LogP contribution is -2.27. The molecule has 0 aliphatic heterocycles. The molecule has 0 radical (unpaired) electrons. The molecule has 10 nitrogen and oxygen atoms in total. The molecule has 0 amide bonds. The minimum atomic E-state index is -0.191. The highest BCUT2D eigenvalue weighted by Gasteiger charge is 2.18. The predicted octanol–water partition coefficient (Wildman–Crippen LogP) is 7.42. The predicted molar refractivity (Wildman–Crippen MR) is 220 cm³/mol. The number of aromatic amines is 2. The first-order valence-corrected chi connectivity index (χ1v) is 18.4. The van der Waals surface area contributed by atoms with Crippen LogP contribution in [0.1, 0.15) is 52.9 Å². The Morgan fingerprint density at radius 3 is 2.27 bits per heavy atom. The fraction of sp³-hybridized carbons (Fsp3) is 0.178. The lowest BCUT2D eigenvalue weighted by molar-refractivity contribution is 0.401. The van der Waals surface area contributed by atoms with Crippen LogP contribution < -0.4 is 16.4 Å². The van der Waals surface area contributed by atoms with Gasteiger partial charge < -0.3 is 24.8 Å². The maximum atomic E-state index is 13.2. The number of aryl methyl sites for hydroxylation is 2. The normalized spacial score (nSPS) is 11.6. The SMILES string of the molecule is C/C=C(/c1cccc(CNC)c1)c1c(CCc2ccc(CN(Cc3cccc(-c4cn(-c5ccccc5)c5nc[nH]c(=O)c45)c3)C(C)=N)cc2)nc[nH]c1=O. The van der Waals surface area contributed by atoms with Gasteiger partial charge in [0.25, 0.3) is 11.1 Å². The van der Waals surface area contributed by atoms with Crippen molar-refractivity contribution in [2.45, 2.75) is 46.3 Å². The molecule has 276 valence electrons. The van der Waals surface area contributed by atoms with Crippen molar-refractivity contribution < 1.29 is 0 Å². The van der Waals surface area contributed by atoms with Gasteiger partial charge in [-0.1, -0.05) is 84.9 Å². The van der Waals surface area contributed by atoms with Gasteiger partial charge in [-0.25, -0.2) is 9.97 Å². The Hall–Kier alpha value is -6.65. The molecule has 0 bridgehead atoms. The topological polar surface area (TPSA) is 136 Å². The van der Waals surface area contributed by atoms with Gasteiger partial charge in [0, 0.05) is 37.1 Å². The quantitative estimate of drug-likeness (QED) is 0.0721. The number of rotatable bonds is 13. The summed E-state index contributed by atoms with van der Waals surface area (Å²) in [5, 5.41) is 12.3. The number of fused-ring (bicyclic) bond motifs is 1. The summed E-state index contributed by atoms with van der Waals surface area (Å²) in [7, 11) is 1.92. The molecule has 0 aliphatic carbocycles. The van der Waals surface area contributed by atoms with E-state index in [1.165, 1.54) is 12.7 Å². The zero-order valence-electron chi connectivity index (χ0n) is 31.3. The number of hydrogen-bond acceptors (Lipinski definition) is 6. The van der Waals surface area contributed by atoms with Crippen molar-refractivity contribution in [2.24, 2.45) is 0 Å². The van der Waals surface area contributed by atoms with Gasteiger partial charge in [-0.3, -0.25) is 15.0 Å². The minimum absolute atomic E-state index is 0.148. The molecule has 0 aliphatic rings. The van der Waals surface area contributed by atoms with Crippen LogP contribution in [0.3, 0.4) is 0 Å². The van der Waals surface area contributed by atoms with Crippen molar-refractivity contribution in [1.29, 1.82) is 5.41 Å². The Balaban J connectivity index is 1.06. The number of hydrogen-bond donors (Lipinski definition) is 4. The van der Waals surface area contributed by atoms with Gasteiger partial charge in [0.15, 0.2) is 5.65 Å². The van der Waals surface area contributed by atoms with Crippen LogP contribution >= 0.6 is 0 Å². The van der Waals surface area contributed by atoms with Crippen molar-refractivity contribution in [1.82, 2.24) is 34.7 Å². The summed E-state index contributed by atoms with van der Waals surface area (Å²) in [6.07, 6.45) is 8.21. The van der Waals surface area contributed by atoms with Gasteiger partial charge in [0.1, 0.15) is 0 Å². The second-order valence-corrected chi connectivity index (χ2v) is 13.6. The van der Waals surface area contributed by atoms with Crippen LogP contribution in [-0.2, 0) is 32.5 Å². The highest BCUT2D eigenvalue weighted by molar-refractivity contribution is 5.94. The smallest absolute Gasteiger partial charge is 0.260 e. The summed E-state index contributed by atoms with van der Waals surface area (Å²) >= 11 is 0. The lowest BCUT2D eigenvalue weighted by Gasteiger charge is -2.24. The Bertz CT molecular complexity index is 2600. The summed E-state index contributed by atoms with van der Waals surface area (Å²) in [5.41, 5.74) is 10.5. The second kappa shape index (κ2) is 16.6. The zero-order valence-corrected chi connectivity index (χ0v) is 31.3. The van der Waals surface area contributed by atoms with Gasteiger partial charge in [-0.05, 0) is 97.0 Å². The van der Waals surface area contributed by atoms with Crippen molar-refractivity contribution in [2.75, 3.05) is 7.05 Å². The molecule has 0 saturated carbocycles. The van der Waals surface area contributed by atoms with E-state index in [2.05, 4.69) is 73.8 Å². The Morgan fingerprint density at radius 1 is 0.800 bits per heavy atom. The molecule has 55 heavy (non-hydrogen) atoms. The molecule has 7 aromatic rings. The summed E-state index contributed by atoms with van der Waals surface area (Å²) in [6, 6.07) is 34.7. The summed E-state index contributed by atoms with van der Waals surface area (Å²) in [6.45, 7) is 5.59. The zero-order chi connectivity index (χ0) is 38.3. The fourth-order valence-corrected chi connectivity index (χ4v) is 7.13. The van der Waals surface area contributed by atoms with Crippen molar-refractivity contribution >= 4 is 22.4 Å². The largest absolute Gasteiger partial charge is 0.352 e. The molecule has 10 heteroatoms. The van der Waals surface area contributed by atoms with E-state index >= 15 is 0 Å². The van der Waals surface area contributed by atoms with Crippen LogP contribution in [0.15, 0.2) is 138 Å². The number of benzene rings is 4. The average Bonchev–Trinajstić information content (AvgIpc) is 3.60. The molecule has 7 rings (SSSR count). The van der Waals surface area contributed by atoms with Gasteiger partial charge in [0.05, 0.1) is 35.1 Å². The van der Waals surface area contributed by atoms with Crippen LogP contribution in [0.5, 0.6) is 0 Å². The van der Waals surface area contributed by atoms with Gasteiger partial charge in [-0.2, -0.15) is 0 Å². The summed E-state index contributed by atoms with van der Waals surface area (Å²) < 4.78 is 1.95. The molecule has 0 saturated heterocycles. The first kappa shape index (κ1) is 36.7. The second-order valence-electron chi connectivity index (χ2n) is 13.6. The van der Waals surface area contributed by atoms with Crippen LogP contribution in [0.25, 0.3) is 33.4 Å². The molecule has 0 fully saturated rings. The Kier molecular flexibility index (Phi) is 11.1. The Labute approximate surface area is 319 Å². The van der Waals surface area contributed by atoms with Crippen molar-refractivity contribution in [3.63, 3.8) is 0 Å². The highest BCUT2D eigenvalue weighted by atomic mass is 16.1. The Morgan fingerprint density at radius 2 is 1.51 bits per heavy atom. The number of aromatic nitrogens is 5. The van der Waals surface area contributed by atoms with Crippen LogP contribution in [0.4, 0.5) is 0 Å².